The summed E-state index contributed by atoms with van der Waals surface area (Å²) in [5.74, 6) is 1.11. The van der Waals surface area contributed by atoms with E-state index in [0.29, 0.717) is 12.3 Å². The van der Waals surface area contributed by atoms with E-state index in [0.717, 1.165) is 51.7 Å². The number of aryl methyl sites for hydroxylation is 3. The molecule has 0 aliphatic heterocycles. The first-order chi connectivity index (χ1) is 12.9. The standard InChI is InChI=1S/C21H23N3O2S/c1-12-18-16(9-10-17-19(18)23-13(2)27-17)26-20(12)21(25)22-11-14-5-7-15(8-6-14)24(3)4/h5-8H,9-11H2,1-4H3,(H,22,25). The Kier molecular flexibility index (Phi) is 4.52. The predicted molar refractivity (Wildman–Crippen MR) is 109 cm³/mol. The summed E-state index contributed by atoms with van der Waals surface area (Å²) in [6.07, 6.45) is 1.75. The van der Waals surface area contributed by atoms with E-state index in [1.165, 1.54) is 4.88 Å². The van der Waals surface area contributed by atoms with Crippen LogP contribution in [0.4, 0.5) is 5.69 Å². The van der Waals surface area contributed by atoms with E-state index >= 15 is 0 Å². The number of hydrogen-bond donors (Lipinski definition) is 1. The van der Waals surface area contributed by atoms with E-state index in [1.54, 1.807) is 11.3 Å². The van der Waals surface area contributed by atoms with Gasteiger partial charge >= 0.3 is 0 Å². The molecule has 3 aromatic rings. The normalized spacial score (nSPS) is 12.4. The molecule has 0 unspecified atom stereocenters. The van der Waals surface area contributed by atoms with Crippen LogP contribution in [0.2, 0.25) is 0 Å². The smallest absolute Gasteiger partial charge is 0.287 e. The lowest BCUT2D eigenvalue weighted by Gasteiger charge is -2.12. The van der Waals surface area contributed by atoms with Crippen molar-refractivity contribution in [2.24, 2.45) is 0 Å². The molecule has 5 nitrogen and oxygen atoms in total. The van der Waals surface area contributed by atoms with Crippen molar-refractivity contribution in [2.75, 3.05) is 19.0 Å². The molecule has 27 heavy (non-hydrogen) atoms. The topological polar surface area (TPSA) is 58.4 Å². The fourth-order valence-corrected chi connectivity index (χ4v) is 4.45. The van der Waals surface area contributed by atoms with Gasteiger partial charge in [0.15, 0.2) is 5.76 Å². The number of carbonyl (C=O) groups excluding carboxylic acids is 1. The number of thiazole rings is 1. The second-order valence-corrected chi connectivity index (χ2v) is 8.39. The molecule has 0 bridgehead atoms. The highest BCUT2D eigenvalue weighted by atomic mass is 32.1. The van der Waals surface area contributed by atoms with Gasteiger partial charge in [-0.3, -0.25) is 4.79 Å². The zero-order chi connectivity index (χ0) is 19.1. The summed E-state index contributed by atoms with van der Waals surface area (Å²) in [5.41, 5.74) is 5.09. The zero-order valence-corrected chi connectivity index (χ0v) is 16.9. The van der Waals surface area contributed by atoms with Gasteiger partial charge in [0.1, 0.15) is 5.76 Å². The molecule has 0 spiro atoms. The monoisotopic (exact) mass is 381 g/mol. The molecule has 1 aliphatic rings. The van der Waals surface area contributed by atoms with E-state index in [9.17, 15) is 4.79 Å². The second kappa shape index (κ2) is 6.85. The van der Waals surface area contributed by atoms with Crippen LogP contribution in [0.1, 0.15) is 37.3 Å². The molecular formula is C21H23N3O2S. The lowest BCUT2D eigenvalue weighted by atomic mass is 9.97. The minimum absolute atomic E-state index is 0.174. The Morgan fingerprint density at radius 1 is 1.22 bits per heavy atom. The summed E-state index contributed by atoms with van der Waals surface area (Å²) in [7, 11) is 4.01. The van der Waals surface area contributed by atoms with Gasteiger partial charge in [-0.25, -0.2) is 4.98 Å². The van der Waals surface area contributed by atoms with Crippen LogP contribution < -0.4 is 10.2 Å². The van der Waals surface area contributed by atoms with E-state index in [1.807, 2.05) is 57.1 Å². The number of rotatable bonds is 4. The van der Waals surface area contributed by atoms with Crippen molar-refractivity contribution in [3.05, 3.63) is 56.8 Å². The first-order valence-corrected chi connectivity index (χ1v) is 9.89. The molecule has 4 rings (SSSR count). The van der Waals surface area contributed by atoms with Gasteiger partial charge in [-0.05, 0) is 38.0 Å². The molecule has 6 heteroatoms. The Bertz CT molecular complexity index is 999. The maximum Gasteiger partial charge on any atom is 0.287 e. The second-order valence-electron chi connectivity index (χ2n) is 7.10. The average Bonchev–Trinajstić information content (AvgIpc) is 3.19. The van der Waals surface area contributed by atoms with E-state index in [-0.39, 0.29) is 5.91 Å². The number of hydrogen-bond acceptors (Lipinski definition) is 5. The molecular weight excluding hydrogens is 358 g/mol. The van der Waals surface area contributed by atoms with Gasteiger partial charge in [-0.2, -0.15) is 0 Å². The van der Waals surface area contributed by atoms with Gasteiger partial charge in [-0.1, -0.05) is 12.1 Å². The van der Waals surface area contributed by atoms with E-state index < -0.39 is 0 Å². The fourth-order valence-electron chi connectivity index (χ4n) is 3.51. The maximum atomic E-state index is 12.7. The molecule has 1 aromatic carbocycles. The molecule has 0 radical (unpaired) electrons. The van der Waals surface area contributed by atoms with Gasteiger partial charge in [0.25, 0.3) is 5.91 Å². The van der Waals surface area contributed by atoms with Gasteiger partial charge in [0.2, 0.25) is 0 Å². The Morgan fingerprint density at radius 2 is 1.96 bits per heavy atom. The van der Waals surface area contributed by atoms with Gasteiger partial charge in [-0.15, -0.1) is 11.3 Å². The van der Waals surface area contributed by atoms with Gasteiger partial charge < -0.3 is 14.6 Å². The van der Waals surface area contributed by atoms with Gasteiger partial charge in [0.05, 0.1) is 10.7 Å². The van der Waals surface area contributed by atoms with Crippen LogP contribution in [-0.4, -0.2) is 25.0 Å². The van der Waals surface area contributed by atoms with Crippen molar-refractivity contribution in [1.82, 2.24) is 10.3 Å². The lowest BCUT2D eigenvalue weighted by molar-refractivity contribution is 0.0920. The number of anilines is 1. The first kappa shape index (κ1) is 17.8. The van der Waals surface area contributed by atoms with Gasteiger partial charge in [0, 0.05) is 48.8 Å². The molecule has 0 saturated heterocycles. The largest absolute Gasteiger partial charge is 0.455 e. The minimum atomic E-state index is -0.174. The van der Waals surface area contributed by atoms with Crippen molar-refractivity contribution in [1.29, 1.82) is 0 Å². The van der Waals surface area contributed by atoms with Crippen LogP contribution in [0.3, 0.4) is 0 Å². The highest BCUT2D eigenvalue weighted by Gasteiger charge is 2.29. The van der Waals surface area contributed by atoms with Crippen molar-refractivity contribution in [3.63, 3.8) is 0 Å². The van der Waals surface area contributed by atoms with E-state index in [2.05, 4.69) is 10.3 Å². The summed E-state index contributed by atoms with van der Waals surface area (Å²) in [5, 5.41) is 4.04. The molecule has 2 heterocycles. The van der Waals surface area contributed by atoms with Crippen LogP contribution >= 0.6 is 11.3 Å². The zero-order valence-electron chi connectivity index (χ0n) is 16.0. The van der Waals surface area contributed by atoms with Crippen LogP contribution in [0.5, 0.6) is 0 Å². The first-order valence-electron chi connectivity index (χ1n) is 9.07. The summed E-state index contributed by atoms with van der Waals surface area (Å²) in [6.45, 7) is 4.44. The number of amides is 1. The number of aromatic nitrogens is 1. The number of nitrogens with zero attached hydrogens (tertiary/aromatic N) is 2. The van der Waals surface area contributed by atoms with Crippen LogP contribution in [0, 0.1) is 13.8 Å². The molecule has 1 amide bonds. The SMILES string of the molecule is Cc1nc2c(s1)CCc1oc(C(=O)NCc3ccc(N(C)C)cc3)c(C)c1-2. The fraction of sp³-hybridized carbons (Fsp3) is 0.333. The van der Waals surface area contributed by atoms with Crippen molar-refractivity contribution in [2.45, 2.75) is 33.2 Å². The Morgan fingerprint density at radius 3 is 2.67 bits per heavy atom. The summed E-state index contributed by atoms with van der Waals surface area (Å²) in [4.78, 5) is 20.7. The third-order valence-electron chi connectivity index (χ3n) is 4.95. The van der Waals surface area contributed by atoms with Crippen LogP contribution in [0.25, 0.3) is 11.3 Å². The number of benzene rings is 1. The summed E-state index contributed by atoms with van der Waals surface area (Å²) < 4.78 is 5.95. The Labute approximate surface area is 163 Å². The minimum Gasteiger partial charge on any atom is -0.455 e. The van der Waals surface area contributed by atoms with Crippen molar-refractivity contribution >= 4 is 22.9 Å². The number of carbonyl (C=O) groups is 1. The van der Waals surface area contributed by atoms with Crippen molar-refractivity contribution < 1.29 is 9.21 Å². The highest BCUT2D eigenvalue weighted by Crippen LogP contribution is 2.40. The molecule has 0 fully saturated rings. The summed E-state index contributed by atoms with van der Waals surface area (Å²) in [6, 6.07) is 8.15. The number of fused-ring (bicyclic) bond motifs is 3. The van der Waals surface area contributed by atoms with Crippen LogP contribution in [0.15, 0.2) is 28.7 Å². The quantitative estimate of drug-likeness (QED) is 0.739. The molecule has 2 aromatic heterocycles. The molecule has 1 N–H and O–H groups in total. The Hall–Kier alpha value is -2.60. The highest BCUT2D eigenvalue weighted by molar-refractivity contribution is 7.12. The average molecular weight is 382 g/mol. The maximum absolute atomic E-state index is 12.7. The Balaban J connectivity index is 1.53. The molecule has 140 valence electrons. The number of furan rings is 1. The third kappa shape index (κ3) is 3.25. The molecule has 0 atom stereocenters. The predicted octanol–water partition coefficient (Wildman–Crippen LogP) is 4.11. The molecule has 0 saturated carbocycles. The number of nitrogens with one attached hydrogen (secondary N) is 1. The molecule has 1 aliphatic carbocycles. The van der Waals surface area contributed by atoms with E-state index in [4.69, 9.17) is 4.42 Å². The summed E-state index contributed by atoms with van der Waals surface area (Å²) >= 11 is 1.73. The van der Waals surface area contributed by atoms with Crippen LogP contribution in [-0.2, 0) is 19.4 Å². The van der Waals surface area contributed by atoms with Crippen molar-refractivity contribution in [3.8, 4) is 11.3 Å². The third-order valence-corrected chi connectivity index (χ3v) is 5.98. The lowest BCUT2D eigenvalue weighted by Crippen LogP contribution is -2.23.